The van der Waals surface area contributed by atoms with Crippen molar-refractivity contribution in [2.75, 3.05) is 6.54 Å². The van der Waals surface area contributed by atoms with Crippen LogP contribution in [0.25, 0.3) is 5.65 Å². The average Bonchev–Trinajstić information content (AvgIpc) is 2.91. The summed E-state index contributed by atoms with van der Waals surface area (Å²) in [5, 5.41) is 7.30. The molecule has 2 aromatic heterocycles. The average molecular weight is 373 g/mol. The molecule has 0 aliphatic rings. The lowest BCUT2D eigenvalue weighted by Gasteiger charge is -2.07. The highest BCUT2D eigenvalue weighted by Gasteiger charge is 2.08. The summed E-state index contributed by atoms with van der Waals surface area (Å²) < 4.78 is 2.60. The number of fused-ring (bicyclic) bond motifs is 1. The van der Waals surface area contributed by atoms with Crippen molar-refractivity contribution in [1.29, 1.82) is 0 Å². The molecule has 6 heteroatoms. The molecule has 118 valence electrons. The zero-order valence-corrected chi connectivity index (χ0v) is 14.4. The van der Waals surface area contributed by atoms with Crippen LogP contribution in [0.2, 0.25) is 0 Å². The van der Waals surface area contributed by atoms with Gasteiger partial charge in [0.1, 0.15) is 0 Å². The number of carbonyl (C=O) groups excluding carboxylic acids is 1. The van der Waals surface area contributed by atoms with Crippen molar-refractivity contribution in [1.82, 2.24) is 19.9 Å². The Morgan fingerprint density at radius 1 is 1.35 bits per heavy atom. The minimum absolute atomic E-state index is 0.0613. The van der Waals surface area contributed by atoms with Gasteiger partial charge in [-0.2, -0.15) is 5.10 Å². The fraction of sp³-hybridized carbons (Fsp3) is 0.235. The zero-order valence-electron chi connectivity index (χ0n) is 12.8. The van der Waals surface area contributed by atoms with Gasteiger partial charge in [0.05, 0.1) is 11.3 Å². The molecule has 2 heterocycles. The molecular formula is C17H17BrN4O. The molecular weight excluding hydrogens is 356 g/mol. The summed E-state index contributed by atoms with van der Waals surface area (Å²) in [6, 6.07) is 9.36. The Balaban J connectivity index is 1.52. The van der Waals surface area contributed by atoms with Crippen LogP contribution in [0.15, 0.2) is 47.2 Å². The molecule has 0 atom stereocenters. The van der Waals surface area contributed by atoms with Crippen LogP contribution >= 0.6 is 15.9 Å². The van der Waals surface area contributed by atoms with Gasteiger partial charge in [0, 0.05) is 29.5 Å². The van der Waals surface area contributed by atoms with Crippen LogP contribution in [-0.2, 0) is 6.42 Å². The SMILES string of the molecule is Cc1cc2ncc(CCCNC(=O)c3ccccc3Br)cn2n1. The van der Waals surface area contributed by atoms with Gasteiger partial charge in [0.15, 0.2) is 5.65 Å². The number of carbonyl (C=O) groups is 1. The van der Waals surface area contributed by atoms with Gasteiger partial charge < -0.3 is 5.32 Å². The topological polar surface area (TPSA) is 59.3 Å². The number of amides is 1. The van der Waals surface area contributed by atoms with E-state index in [1.807, 2.05) is 43.6 Å². The molecule has 3 aromatic rings. The maximum Gasteiger partial charge on any atom is 0.252 e. The van der Waals surface area contributed by atoms with Crippen molar-refractivity contribution in [3.8, 4) is 0 Å². The Labute approximate surface area is 142 Å². The van der Waals surface area contributed by atoms with E-state index in [0.29, 0.717) is 12.1 Å². The van der Waals surface area contributed by atoms with Crippen LogP contribution in [0.5, 0.6) is 0 Å². The second kappa shape index (κ2) is 6.91. The van der Waals surface area contributed by atoms with Crippen LogP contribution in [0.3, 0.4) is 0 Å². The smallest absolute Gasteiger partial charge is 0.252 e. The quantitative estimate of drug-likeness (QED) is 0.699. The summed E-state index contributed by atoms with van der Waals surface area (Å²) in [6.07, 6.45) is 5.55. The van der Waals surface area contributed by atoms with Gasteiger partial charge in [-0.1, -0.05) is 12.1 Å². The van der Waals surface area contributed by atoms with Crippen LogP contribution in [0.4, 0.5) is 0 Å². The zero-order chi connectivity index (χ0) is 16.2. The van der Waals surface area contributed by atoms with Crippen molar-refractivity contribution in [2.24, 2.45) is 0 Å². The van der Waals surface area contributed by atoms with Gasteiger partial charge in [0.2, 0.25) is 0 Å². The third-order valence-electron chi connectivity index (χ3n) is 3.54. The van der Waals surface area contributed by atoms with E-state index in [-0.39, 0.29) is 5.91 Å². The number of nitrogens with zero attached hydrogens (tertiary/aromatic N) is 3. The molecule has 0 aliphatic carbocycles. The summed E-state index contributed by atoms with van der Waals surface area (Å²) in [5.41, 5.74) is 3.57. The molecule has 0 fully saturated rings. The maximum atomic E-state index is 12.1. The number of hydrogen-bond donors (Lipinski definition) is 1. The number of halogens is 1. The number of hydrogen-bond acceptors (Lipinski definition) is 3. The van der Waals surface area contributed by atoms with Gasteiger partial charge in [-0.25, -0.2) is 9.50 Å². The Hall–Kier alpha value is -2.21. The van der Waals surface area contributed by atoms with Crippen molar-refractivity contribution in [3.05, 3.63) is 64.0 Å². The van der Waals surface area contributed by atoms with Gasteiger partial charge in [-0.05, 0) is 53.4 Å². The van der Waals surface area contributed by atoms with Crippen molar-refractivity contribution < 1.29 is 4.79 Å². The summed E-state index contributed by atoms with van der Waals surface area (Å²) in [6.45, 7) is 2.57. The first-order valence-corrected chi connectivity index (χ1v) is 8.26. The summed E-state index contributed by atoms with van der Waals surface area (Å²) in [5.74, 6) is -0.0613. The van der Waals surface area contributed by atoms with Crippen molar-refractivity contribution >= 4 is 27.5 Å². The van der Waals surface area contributed by atoms with E-state index in [0.717, 1.165) is 34.2 Å². The van der Waals surface area contributed by atoms with Gasteiger partial charge >= 0.3 is 0 Å². The molecule has 1 amide bonds. The Morgan fingerprint density at radius 2 is 2.17 bits per heavy atom. The minimum atomic E-state index is -0.0613. The van der Waals surface area contributed by atoms with Gasteiger partial charge in [-0.15, -0.1) is 0 Å². The highest BCUT2D eigenvalue weighted by atomic mass is 79.9. The number of benzene rings is 1. The fourth-order valence-corrected chi connectivity index (χ4v) is 2.86. The molecule has 0 unspecified atom stereocenters. The Kier molecular flexibility index (Phi) is 4.71. The molecule has 0 bridgehead atoms. The number of rotatable bonds is 5. The summed E-state index contributed by atoms with van der Waals surface area (Å²) >= 11 is 3.39. The van der Waals surface area contributed by atoms with Crippen molar-refractivity contribution in [2.45, 2.75) is 19.8 Å². The third kappa shape index (κ3) is 3.76. The second-order valence-electron chi connectivity index (χ2n) is 5.39. The molecule has 0 aliphatic heterocycles. The van der Waals surface area contributed by atoms with Crippen LogP contribution in [0.1, 0.15) is 28.0 Å². The lowest BCUT2D eigenvalue weighted by Crippen LogP contribution is -2.25. The van der Waals surface area contributed by atoms with Gasteiger partial charge in [0.25, 0.3) is 5.91 Å². The first kappa shape index (κ1) is 15.7. The van der Waals surface area contributed by atoms with E-state index in [4.69, 9.17) is 0 Å². The molecule has 0 saturated heterocycles. The maximum absolute atomic E-state index is 12.1. The minimum Gasteiger partial charge on any atom is -0.352 e. The highest BCUT2D eigenvalue weighted by Crippen LogP contribution is 2.15. The van der Waals surface area contributed by atoms with E-state index in [2.05, 4.69) is 31.3 Å². The lowest BCUT2D eigenvalue weighted by molar-refractivity contribution is 0.0952. The second-order valence-corrected chi connectivity index (χ2v) is 6.24. The molecule has 5 nitrogen and oxygen atoms in total. The number of aryl methyl sites for hydroxylation is 2. The number of nitrogens with one attached hydrogen (secondary N) is 1. The molecule has 0 radical (unpaired) electrons. The van der Waals surface area contributed by atoms with Crippen LogP contribution in [-0.4, -0.2) is 27.0 Å². The van der Waals surface area contributed by atoms with E-state index < -0.39 is 0 Å². The third-order valence-corrected chi connectivity index (χ3v) is 4.23. The van der Waals surface area contributed by atoms with E-state index >= 15 is 0 Å². The molecule has 23 heavy (non-hydrogen) atoms. The molecule has 1 N–H and O–H groups in total. The van der Waals surface area contributed by atoms with Gasteiger partial charge in [-0.3, -0.25) is 4.79 Å². The first-order chi connectivity index (χ1) is 11.1. The standard InChI is InChI=1S/C17H17BrN4O/c1-12-9-16-20-10-13(11-22(16)21-12)5-4-8-19-17(23)14-6-2-3-7-15(14)18/h2-3,6-7,9-11H,4-5,8H2,1H3,(H,19,23). The van der Waals surface area contributed by atoms with E-state index in [1.54, 1.807) is 10.6 Å². The largest absolute Gasteiger partial charge is 0.352 e. The summed E-state index contributed by atoms with van der Waals surface area (Å²) in [4.78, 5) is 16.5. The fourth-order valence-electron chi connectivity index (χ4n) is 2.40. The predicted molar refractivity (Wildman–Crippen MR) is 92.5 cm³/mol. The molecule has 3 rings (SSSR count). The summed E-state index contributed by atoms with van der Waals surface area (Å²) in [7, 11) is 0. The molecule has 0 spiro atoms. The lowest BCUT2D eigenvalue weighted by atomic mass is 10.2. The molecule has 1 aromatic carbocycles. The number of aromatic nitrogens is 3. The molecule has 0 saturated carbocycles. The predicted octanol–water partition coefficient (Wildman–Crippen LogP) is 3.16. The van der Waals surface area contributed by atoms with E-state index in [9.17, 15) is 4.79 Å². The van der Waals surface area contributed by atoms with E-state index in [1.165, 1.54) is 0 Å². The van der Waals surface area contributed by atoms with Crippen molar-refractivity contribution in [3.63, 3.8) is 0 Å². The monoisotopic (exact) mass is 372 g/mol. The van der Waals surface area contributed by atoms with Crippen LogP contribution < -0.4 is 5.32 Å². The normalized spacial score (nSPS) is 10.9. The first-order valence-electron chi connectivity index (χ1n) is 7.47. The highest BCUT2D eigenvalue weighted by molar-refractivity contribution is 9.10. The Bertz CT molecular complexity index is 843. The Morgan fingerprint density at radius 3 is 3.00 bits per heavy atom. The van der Waals surface area contributed by atoms with Crippen LogP contribution in [0, 0.1) is 6.92 Å².